The molecule has 0 aliphatic heterocycles. The summed E-state index contributed by atoms with van der Waals surface area (Å²) < 4.78 is 0. The Morgan fingerprint density at radius 2 is 2.00 bits per heavy atom. The number of ketones is 1. The van der Waals surface area contributed by atoms with Crippen molar-refractivity contribution >= 4 is 11.8 Å². The summed E-state index contributed by atoms with van der Waals surface area (Å²) in [6.45, 7) is 3.89. The van der Waals surface area contributed by atoms with Gasteiger partial charge in [-0.15, -0.1) is 0 Å². The van der Waals surface area contributed by atoms with Gasteiger partial charge in [0.1, 0.15) is 5.60 Å². The van der Waals surface area contributed by atoms with E-state index in [0.29, 0.717) is 6.42 Å². The summed E-state index contributed by atoms with van der Waals surface area (Å²) in [5.41, 5.74) is -1.95. The van der Waals surface area contributed by atoms with Crippen molar-refractivity contribution in [1.29, 1.82) is 0 Å². The van der Waals surface area contributed by atoms with E-state index in [2.05, 4.69) is 6.92 Å². The number of aliphatic hydroxyl groups excluding tert-OH is 2. The van der Waals surface area contributed by atoms with E-state index in [0.717, 1.165) is 18.4 Å². The van der Waals surface area contributed by atoms with Crippen LogP contribution in [0.4, 0.5) is 0 Å². The monoisotopic (exact) mass is 376 g/mol. The number of carboxylic acid groups (broad SMARTS) is 1. The standard InChI is InChI=1S/C21H28O6/c1-19-7-5-12(22)9-11(19)3-4-13-14-6-8-21(27,17(24)18(25)26)20(14,2)10-15(23)16(13)19/h5,7,9,13-17,23-24,27H,3-4,6,8,10H2,1-2H3,(H,25,26)/t13-,14-,15-,16+,17+,19-,20-,21-/m0/s1. The summed E-state index contributed by atoms with van der Waals surface area (Å²) in [5, 5.41) is 41.9. The highest BCUT2D eigenvalue weighted by atomic mass is 16.4. The molecule has 0 heterocycles. The van der Waals surface area contributed by atoms with Gasteiger partial charge in [0.25, 0.3) is 0 Å². The van der Waals surface area contributed by atoms with Crippen LogP contribution < -0.4 is 0 Å². The van der Waals surface area contributed by atoms with Crippen LogP contribution in [-0.4, -0.2) is 50.0 Å². The van der Waals surface area contributed by atoms with Crippen molar-refractivity contribution in [3.63, 3.8) is 0 Å². The zero-order valence-electron chi connectivity index (χ0n) is 15.8. The fourth-order valence-corrected chi connectivity index (χ4v) is 7.02. The molecule has 8 atom stereocenters. The Labute approximate surface area is 158 Å². The van der Waals surface area contributed by atoms with Gasteiger partial charge in [-0.3, -0.25) is 4.79 Å². The van der Waals surface area contributed by atoms with Crippen LogP contribution in [0, 0.1) is 28.6 Å². The lowest BCUT2D eigenvalue weighted by atomic mass is 9.46. The minimum absolute atomic E-state index is 0.0177. The topological polar surface area (TPSA) is 115 Å². The SMILES string of the molecule is C[C@]12C=CC(=O)C=C1CC[C@@H]1[C@@H]2[C@@H](O)C[C@@]2(C)[C@H]1CC[C@]2(O)[C@H](O)C(=O)O. The molecule has 0 spiro atoms. The second-order valence-electron chi connectivity index (χ2n) is 9.42. The van der Waals surface area contributed by atoms with Gasteiger partial charge < -0.3 is 20.4 Å². The van der Waals surface area contributed by atoms with Crippen molar-refractivity contribution < 1.29 is 30.0 Å². The van der Waals surface area contributed by atoms with Gasteiger partial charge in [0.15, 0.2) is 11.9 Å². The highest BCUT2D eigenvalue weighted by molar-refractivity contribution is 6.01. The molecule has 0 unspecified atom stereocenters. The van der Waals surface area contributed by atoms with Crippen molar-refractivity contribution in [3.8, 4) is 0 Å². The summed E-state index contributed by atoms with van der Waals surface area (Å²) in [7, 11) is 0. The van der Waals surface area contributed by atoms with Crippen molar-refractivity contribution in [3.05, 3.63) is 23.8 Å². The first-order chi connectivity index (χ1) is 12.5. The number of rotatable bonds is 2. The third-order valence-electron chi connectivity index (χ3n) is 8.40. The van der Waals surface area contributed by atoms with Crippen molar-refractivity contribution in [1.82, 2.24) is 0 Å². The molecule has 0 aromatic heterocycles. The molecule has 0 amide bonds. The first-order valence-electron chi connectivity index (χ1n) is 9.80. The minimum atomic E-state index is -1.86. The largest absolute Gasteiger partial charge is 0.479 e. The molecular formula is C21H28O6. The van der Waals surface area contributed by atoms with Gasteiger partial charge in [-0.1, -0.05) is 25.5 Å². The molecule has 4 aliphatic rings. The maximum absolute atomic E-state index is 11.8. The number of carboxylic acids is 1. The quantitative estimate of drug-likeness (QED) is 0.580. The molecule has 4 N–H and O–H groups in total. The molecule has 4 rings (SSSR count). The molecule has 3 fully saturated rings. The number of aliphatic hydroxyl groups is 3. The van der Waals surface area contributed by atoms with E-state index in [9.17, 15) is 30.0 Å². The number of carbonyl (C=O) groups is 2. The van der Waals surface area contributed by atoms with E-state index in [1.165, 1.54) is 0 Å². The predicted molar refractivity (Wildman–Crippen MR) is 96.6 cm³/mol. The number of carbonyl (C=O) groups excluding carboxylic acids is 1. The molecule has 148 valence electrons. The molecule has 0 bridgehead atoms. The van der Waals surface area contributed by atoms with Crippen LogP contribution in [0.3, 0.4) is 0 Å². The summed E-state index contributed by atoms with van der Waals surface area (Å²) in [6, 6.07) is 0. The Balaban J connectivity index is 1.74. The second kappa shape index (κ2) is 5.75. The molecule has 0 aromatic carbocycles. The summed E-state index contributed by atoms with van der Waals surface area (Å²) in [6.07, 6.45) is 5.21. The number of allylic oxidation sites excluding steroid dienone is 4. The van der Waals surface area contributed by atoms with E-state index in [1.54, 1.807) is 12.2 Å². The van der Waals surface area contributed by atoms with Crippen LogP contribution in [-0.2, 0) is 9.59 Å². The van der Waals surface area contributed by atoms with E-state index in [1.807, 2.05) is 13.0 Å². The number of hydrogen-bond donors (Lipinski definition) is 4. The van der Waals surface area contributed by atoms with Gasteiger partial charge in [0.2, 0.25) is 0 Å². The fraction of sp³-hybridized carbons (Fsp3) is 0.714. The minimum Gasteiger partial charge on any atom is -0.479 e. The molecule has 0 aromatic rings. The number of hydrogen-bond acceptors (Lipinski definition) is 5. The second-order valence-corrected chi connectivity index (χ2v) is 9.42. The lowest BCUT2D eigenvalue weighted by molar-refractivity contribution is -0.207. The fourth-order valence-electron chi connectivity index (χ4n) is 7.02. The van der Waals surface area contributed by atoms with Gasteiger partial charge in [0, 0.05) is 16.7 Å². The van der Waals surface area contributed by atoms with Crippen molar-refractivity contribution in [2.75, 3.05) is 0 Å². The van der Waals surface area contributed by atoms with Crippen LogP contribution in [0.15, 0.2) is 23.8 Å². The lowest BCUT2D eigenvalue weighted by Crippen LogP contribution is -2.63. The van der Waals surface area contributed by atoms with Crippen LogP contribution >= 0.6 is 0 Å². The Hall–Kier alpha value is -1.50. The third kappa shape index (κ3) is 2.30. The number of fused-ring (bicyclic) bond motifs is 5. The van der Waals surface area contributed by atoms with E-state index in [4.69, 9.17) is 0 Å². The maximum Gasteiger partial charge on any atom is 0.335 e. The summed E-state index contributed by atoms with van der Waals surface area (Å²) >= 11 is 0. The van der Waals surface area contributed by atoms with E-state index >= 15 is 0 Å². The maximum atomic E-state index is 11.8. The molecule has 3 saturated carbocycles. The lowest BCUT2D eigenvalue weighted by Gasteiger charge is -2.60. The van der Waals surface area contributed by atoms with Crippen LogP contribution in [0.25, 0.3) is 0 Å². The molecule has 6 nitrogen and oxygen atoms in total. The Kier molecular flexibility index (Phi) is 4.01. The highest BCUT2D eigenvalue weighted by Gasteiger charge is 2.68. The summed E-state index contributed by atoms with van der Waals surface area (Å²) in [5.74, 6) is -1.39. The normalized spacial score (nSPS) is 49.7. The average Bonchev–Trinajstić information content (AvgIpc) is 2.86. The first kappa shape index (κ1) is 18.8. The van der Waals surface area contributed by atoms with E-state index < -0.39 is 34.6 Å². The van der Waals surface area contributed by atoms with Gasteiger partial charge in [-0.25, -0.2) is 4.79 Å². The molecule has 4 aliphatic carbocycles. The van der Waals surface area contributed by atoms with Gasteiger partial charge in [0.05, 0.1) is 6.10 Å². The molecule has 27 heavy (non-hydrogen) atoms. The Bertz CT molecular complexity index is 756. The highest BCUT2D eigenvalue weighted by Crippen LogP contribution is 2.67. The molecule has 0 radical (unpaired) electrons. The predicted octanol–water partition coefficient (Wildman–Crippen LogP) is 1.44. The smallest absolute Gasteiger partial charge is 0.335 e. The molecule has 6 heteroatoms. The first-order valence-corrected chi connectivity index (χ1v) is 9.80. The zero-order valence-corrected chi connectivity index (χ0v) is 15.8. The summed E-state index contributed by atoms with van der Waals surface area (Å²) in [4.78, 5) is 23.2. The third-order valence-corrected chi connectivity index (χ3v) is 8.40. The van der Waals surface area contributed by atoms with Crippen LogP contribution in [0.5, 0.6) is 0 Å². The molecular weight excluding hydrogens is 348 g/mol. The van der Waals surface area contributed by atoms with E-state index in [-0.39, 0.29) is 36.4 Å². The average molecular weight is 376 g/mol. The van der Waals surface area contributed by atoms with Gasteiger partial charge >= 0.3 is 5.97 Å². The van der Waals surface area contributed by atoms with Gasteiger partial charge in [-0.05, 0) is 56.1 Å². The number of aliphatic carboxylic acids is 1. The van der Waals surface area contributed by atoms with Crippen LogP contribution in [0.1, 0.15) is 46.0 Å². The van der Waals surface area contributed by atoms with Gasteiger partial charge in [-0.2, -0.15) is 0 Å². The van der Waals surface area contributed by atoms with Crippen molar-refractivity contribution in [2.45, 2.75) is 63.8 Å². The van der Waals surface area contributed by atoms with Crippen molar-refractivity contribution in [2.24, 2.45) is 28.6 Å². The zero-order chi connectivity index (χ0) is 19.8. The van der Waals surface area contributed by atoms with Crippen LogP contribution in [0.2, 0.25) is 0 Å². The molecule has 0 saturated heterocycles. The Morgan fingerprint density at radius 3 is 2.67 bits per heavy atom. The Morgan fingerprint density at radius 1 is 1.30 bits per heavy atom.